The van der Waals surface area contributed by atoms with Crippen LogP contribution in [0, 0.1) is 0 Å². The molecular weight excluding hydrogens is 238 g/mol. The second-order valence-corrected chi connectivity index (χ2v) is 7.12. The van der Waals surface area contributed by atoms with Gasteiger partial charge in [-0.25, -0.2) is 8.42 Å². The molecule has 4 nitrogen and oxygen atoms in total. The smallest absolute Gasteiger partial charge is 0.148 e. The highest BCUT2D eigenvalue weighted by molar-refractivity contribution is 7.90. The van der Waals surface area contributed by atoms with Crippen molar-refractivity contribution in [1.29, 1.82) is 0 Å². The van der Waals surface area contributed by atoms with Gasteiger partial charge in [-0.15, -0.1) is 0 Å². The predicted octanol–water partition coefficient (Wildman–Crippen LogP) is 1.36. The van der Waals surface area contributed by atoms with Crippen molar-refractivity contribution < 1.29 is 13.2 Å². The summed E-state index contributed by atoms with van der Waals surface area (Å²) < 4.78 is 27.5. The summed E-state index contributed by atoms with van der Waals surface area (Å²) in [7, 11) is -2.84. The molecule has 1 fully saturated rings. The summed E-state index contributed by atoms with van der Waals surface area (Å²) in [6, 6.07) is 0. The van der Waals surface area contributed by atoms with Crippen molar-refractivity contribution in [3.05, 3.63) is 0 Å². The zero-order chi connectivity index (χ0) is 12.6. The van der Waals surface area contributed by atoms with Crippen LogP contribution in [-0.2, 0) is 14.6 Å². The van der Waals surface area contributed by atoms with Crippen molar-refractivity contribution >= 4 is 9.84 Å². The first kappa shape index (κ1) is 14.9. The lowest BCUT2D eigenvalue weighted by molar-refractivity contribution is 0.0454. The van der Waals surface area contributed by atoms with Gasteiger partial charge in [-0.1, -0.05) is 25.7 Å². The summed E-state index contributed by atoms with van der Waals surface area (Å²) in [5.41, 5.74) is 0. The van der Waals surface area contributed by atoms with Crippen LogP contribution in [0.5, 0.6) is 0 Å². The maximum absolute atomic E-state index is 10.9. The molecule has 0 bridgehead atoms. The maximum Gasteiger partial charge on any atom is 0.148 e. The van der Waals surface area contributed by atoms with E-state index < -0.39 is 9.84 Å². The summed E-state index contributed by atoms with van der Waals surface area (Å²) in [5, 5.41) is 3.09. The number of ether oxygens (including phenoxy) is 1. The average Bonchev–Trinajstić information content (AvgIpc) is 2.50. The van der Waals surface area contributed by atoms with E-state index in [1.165, 1.54) is 44.8 Å². The molecule has 1 aliphatic carbocycles. The molecule has 0 amide bonds. The molecular formula is C12H25NO3S. The fourth-order valence-electron chi connectivity index (χ4n) is 2.09. The molecule has 0 radical (unpaired) electrons. The lowest BCUT2D eigenvalue weighted by Crippen LogP contribution is -2.27. The molecule has 1 aliphatic rings. The third-order valence-corrected chi connectivity index (χ3v) is 4.03. The lowest BCUT2D eigenvalue weighted by Gasteiger charge is -2.15. The molecule has 0 atom stereocenters. The third kappa shape index (κ3) is 8.57. The van der Waals surface area contributed by atoms with Gasteiger partial charge >= 0.3 is 0 Å². The van der Waals surface area contributed by atoms with Crippen molar-refractivity contribution in [1.82, 2.24) is 5.32 Å². The van der Waals surface area contributed by atoms with Crippen LogP contribution in [-0.4, -0.2) is 46.2 Å². The van der Waals surface area contributed by atoms with Crippen LogP contribution in [0.15, 0.2) is 0 Å². The van der Waals surface area contributed by atoms with Gasteiger partial charge in [-0.2, -0.15) is 0 Å². The van der Waals surface area contributed by atoms with Gasteiger partial charge in [0.1, 0.15) is 9.84 Å². The molecule has 0 saturated heterocycles. The van der Waals surface area contributed by atoms with E-state index in [2.05, 4.69) is 5.32 Å². The first-order chi connectivity index (χ1) is 8.08. The van der Waals surface area contributed by atoms with Gasteiger partial charge in [0.15, 0.2) is 0 Å². The van der Waals surface area contributed by atoms with Crippen molar-refractivity contribution in [3.63, 3.8) is 0 Å². The van der Waals surface area contributed by atoms with Crippen LogP contribution < -0.4 is 5.32 Å². The Morgan fingerprint density at radius 3 is 2.35 bits per heavy atom. The Labute approximate surface area is 105 Å². The lowest BCUT2D eigenvalue weighted by atomic mass is 10.1. The molecule has 0 spiro atoms. The normalized spacial score (nSPS) is 19.1. The quantitative estimate of drug-likeness (QED) is 0.556. The Balaban J connectivity index is 1.96. The number of nitrogens with one attached hydrogen (secondary N) is 1. The highest BCUT2D eigenvalue weighted by Gasteiger charge is 2.11. The van der Waals surface area contributed by atoms with Crippen LogP contribution in [0.1, 0.15) is 38.5 Å². The number of hydrogen-bond donors (Lipinski definition) is 1. The predicted molar refractivity (Wildman–Crippen MR) is 70.0 cm³/mol. The van der Waals surface area contributed by atoms with Crippen LogP contribution in [0.2, 0.25) is 0 Å². The number of sulfone groups is 1. The second kappa shape index (κ2) is 8.06. The molecule has 0 aliphatic heterocycles. The Bertz CT molecular complexity index is 282. The molecule has 102 valence electrons. The Kier molecular flexibility index (Phi) is 7.08. The summed E-state index contributed by atoms with van der Waals surface area (Å²) in [5.74, 6) is 0.205. The Hall–Kier alpha value is -0.130. The van der Waals surface area contributed by atoms with Crippen LogP contribution in [0.3, 0.4) is 0 Å². The Morgan fingerprint density at radius 2 is 1.76 bits per heavy atom. The molecule has 5 heteroatoms. The van der Waals surface area contributed by atoms with E-state index in [0.717, 1.165) is 6.54 Å². The van der Waals surface area contributed by atoms with Crippen LogP contribution in [0.25, 0.3) is 0 Å². The van der Waals surface area contributed by atoms with Crippen LogP contribution >= 0.6 is 0 Å². The van der Waals surface area contributed by atoms with Gasteiger partial charge in [-0.05, 0) is 12.8 Å². The highest BCUT2D eigenvalue weighted by Crippen LogP contribution is 2.19. The minimum absolute atomic E-state index is 0.205. The highest BCUT2D eigenvalue weighted by atomic mass is 32.2. The van der Waals surface area contributed by atoms with E-state index in [0.29, 0.717) is 19.3 Å². The first-order valence-corrected chi connectivity index (χ1v) is 8.64. The van der Waals surface area contributed by atoms with E-state index in [1.807, 2.05) is 0 Å². The average molecular weight is 263 g/mol. The zero-order valence-electron chi connectivity index (χ0n) is 10.8. The molecule has 0 aromatic rings. The summed E-state index contributed by atoms with van der Waals surface area (Å²) in [4.78, 5) is 0. The van der Waals surface area contributed by atoms with E-state index in [1.54, 1.807) is 0 Å². The molecule has 0 aromatic carbocycles. The SMILES string of the molecule is CS(=O)(=O)CCNCCOC1CCCCCC1. The van der Waals surface area contributed by atoms with E-state index in [4.69, 9.17) is 4.74 Å². The molecule has 1 N–H and O–H groups in total. The van der Waals surface area contributed by atoms with Gasteiger partial charge in [-0.3, -0.25) is 0 Å². The summed E-state index contributed by atoms with van der Waals surface area (Å²) >= 11 is 0. The monoisotopic (exact) mass is 263 g/mol. The van der Waals surface area contributed by atoms with Crippen molar-refractivity contribution in [2.24, 2.45) is 0 Å². The van der Waals surface area contributed by atoms with Gasteiger partial charge < -0.3 is 10.1 Å². The largest absolute Gasteiger partial charge is 0.377 e. The van der Waals surface area contributed by atoms with Crippen molar-refractivity contribution in [2.75, 3.05) is 31.7 Å². The Morgan fingerprint density at radius 1 is 1.12 bits per heavy atom. The molecule has 1 rings (SSSR count). The topological polar surface area (TPSA) is 55.4 Å². The standard InChI is InChI=1S/C12H25NO3S/c1-17(14,15)11-9-13-8-10-16-12-6-4-2-3-5-7-12/h12-13H,2-11H2,1H3. The van der Waals surface area contributed by atoms with Gasteiger partial charge in [0.25, 0.3) is 0 Å². The van der Waals surface area contributed by atoms with Crippen molar-refractivity contribution in [2.45, 2.75) is 44.6 Å². The van der Waals surface area contributed by atoms with Gasteiger partial charge in [0.05, 0.1) is 18.5 Å². The number of rotatable bonds is 7. The first-order valence-electron chi connectivity index (χ1n) is 6.58. The molecule has 17 heavy (non-hydrogen) atoms. The van der Waals surface area contributed by atoms with Gasteiger partial charge in [0.2, 0.25) is 0 Å². The fourth-order valence-corrected chi connectivity index (χ4v) is 2.60. The molecule has 0 heterocycles. The van der Waals surface area contributed by atoms with Gasteiger partial charge in [0, 0.05) is 19.3 Å². The fraction of sp³-hybridized carbons (Fsp3) is 1.00. The van der Waals surface area contributed by atoms with E-state index in [-0.39, 0.29) is 5.75 Å². The minimum Gasteiger partial charge on any atom is -0.377 e. The summed E-state index contributed by atoms with van der Waals surface area (Å²) in [6.45, 7) is 1.95. The summed E-state index contributed by atoms with van der Waals surface area (Å²) in [6.07, 6.45) is 9.30. The second-order valence-electron chi connectivity index (χ2n) is 4.86. The minimum atomic E-state index is -2.84. The van der Waals surface area contributed by atoms with E-state index in [9.17, 15) is 8.42 Å². The van der Waals surface area contributed by atoms with Crippen LogP contribution in [0.4, 0.5) is 0 Å². The van der Waals surface area contributed by atoms with E-state index >= 15 is 0 Å². The molecule has 0 unspecified atom stereocenters. The molecule has 1 saturated carbocycles. The third-order valence-electron chi connectivity index (χ3n) is 3.08. The number of hydrogen-bond acceptors (Lipinski definition) is 4. The molecule has 0 aromatic heterocycles. The van der Waals surface area contributed by atoms with Crippen molar-refractivity contribution in [3.8, 4) is 0 Å². The zero-order valence-corrected chi connectivity index (χ0v) is 11.6. The maximum atomic E-state index is 10.9.